The SMILES string of the molecule is Cc1nn(C)cc1C(=O)Nc1cccc2c1C(S(C)(=O)=O)CC2(S(C)(=O)=O)S(C)(=O)=O. The molecule has 1 heterocycles. The molecule has 1 atom stereocenters. The van der Waals surface area contributed by atoms with Gasteiger partial charge in [0.2, 0.25) is 0 Å². The molecular formula is C18H23N3O7S3. The van der Waals surface area contributed by atoms with Crippen molar-refractivity contribution < 1.29 is 30.0 Å². The van der Waals surface area contributed by atoms with Crippen LogP contribution in [0.2, 0.25) is 0 Å². The molecule has 1 aromatic heterocycles. The molecule has 0 fully saturated rings. The molecule has 0 saturated carbocycles. The summed E-state index contributed by atoms with van der Waals surface area (Å²) in [6.45, 7) is 1.63. The first-order valence-electron chi connectivity index (χ1n) is 9.04. The van der Waals surface area contributed by atoms with Gasteiger partial charge < -0.3 is 5.32 Å². The highest BCUT2D eigenvalue weighted by atomic mass is 32.3. The number of anilines is 1. The van der Waals surface area contributed by atoms with E-state index in [1.807, 2.05) is 0 Å². The molecule has 13 heteroatoms. The number of sulfone groups is 3. The molecule has 31 heavy (non-hydrogen) atoms. The van der Waals surface area contributed by atoms with Crippen molar-refractivity contribution in [3.8, 4) is 0 Å². The summed E-state index contributed by atoms with van der Waals surface area (Å²) >= 11 is 0. The monoisotopic (exact) mass is 489 g/mol. The van der Waals surface area contributed by atoms with Gasteiger partial charge in [0, 0.05) is 44.1 Å². The van der Waals surface area contributed by atoms with E-state index >= 15 is 0 Å². The number of nitrogens with zero attached hydrogens (tertiary/aromatic N) is 2. The molecule has 170 valence electrons. The second kappa shape index (κ2) is 7.14. The number of benzene rings is 1. The van der Waals surface area contributed by atoms with Gasteiger partial charge in [0.1, 0.15) is 0 Å². The molecule has 10 nitrogen and oxygen atoms in total. The number of hydrogen-bond acceptors (Lipinski definition) is 8. The van der Waals surface area contributed by atoms with Crippen molar-refractivity contribution in [1.29, 1.82) is 0 Å². The quantitative estimate of drug-likeness (QED) is 0.645. The van der Waals surface area contributed by atoms with E-state index in [1.165, 1.54) is 29.1 Å². The maximum atomic E-state index is 12.8. The van der Waals surface area contributed by atoms with Gasteiger partial charge >= 0.3 is 0 Å². The van der Waals surface area contributed by atoms with Crippen LogP contribution in [0.4, 0.5) is 5.69 Å². The van der Waals surface area contributed by atoms with Crippen molar-refractivity contribution in [2.75, 3.05) is 24.1 Å². The van der Waals surface area contributed by atoms with Crippen LogP contribution in [0.5, 0.6) is 0 Å². The van der Waals surface area contributed by atoms with E-state index in [0.29, 0.717) is 5.69 Å². The molecule has 1 unspecified atom stereocenters. The summed E-state index contributed by atoms with van der Waals surface area (Å²) < 4.78 is 75.3. The zero-order chi connectivity index (χ0) is 23.6. The molecule has 3 rings (SSSR count). The topological polar surface area (TPSA) is 149 Å². The van der Waals surface area contributed by atoms with Gasteiger partial charge in [0.25, 0.3) is 5.91 Å². The van der Waals surface area contributed by atoms with Crippen molar-refractivity contribution >= 4 is 41.1 Å². The van der Waals surface area contributed by atoms with E-state index in [-0.39, 0.29) is 22.4 Å². The van der Waals surface area contributed by atoms with E-state index < -0.39 is 51.2 Å². The average Bonchev–Trinajstić information content (AvgIpc) is 3.12. The van der Waals surface area contributed by atoms with Crippen LogP contribution in [0.3, 0.4) is 0 Å². The third-order valence-corrected chi connectivity index (χ3v) is 11.9. The van der Waals surface area contributed by atoms with E-state index in [9.17, 15) is 30.0 Å². The molecule has 2 aromatic rings. The minimum Gasteiger partial charge on any atom is -0.322 e. The first kappa shape index (κ1) is 23.4. The minimum absolute atomic E-state index is 0.0317. The van der Waals surface area contributed by atoms with Gasteiger partial charge in [-0.1, -0.05) is 12.1 Å². The van der Waals surface area contributed by atoms with Crippen LogP contribution in [0.25, 0.3) is 0 Å². The molecule has 1 N–H and O–H groups in total. The number of carbonyl (C=O) groups is 1. The van der Waals surface area contributed by atoms with E-state index in [4.69, 9.17) is 0 Å². The van der Waals surface area contributed by atoms with Gasteiger partial charge in [-0.15, -0.1) is 0 Å². The molecule has 0 radical (unpaired) electrons. The highest BCUT2D eigenvalue weighted by molar-refractivity contribution is 8.09. The second-order valence-corrected chi connectivity index (χ2v) is 14.8. The highest BCUT2D eigenvalue weighted by Gasteiger charge is 2.61. The summed E-state index contributed by atoms with van der Waals surface area (Å²) in [4.78, 5) is 12.8. The molecule has 1 aliphatic carbocycles. The third kappa shape index (κ3) is 3.68. The van der Waals surface area contributed by atoms with Crippen LogP contribution < -0.4 is 5.32 Å². The third-order valence-electron chi connectivity index (χ3n) is 5.51. The first-order valence-corrected chi connectivity index (χ1v) is 14.8. The maximum absolute atomic E-state index is 12.8. The fourth-order valence-electron chi connectivity index (χ4n) is 4.16. The molecular weight excluding hydrogens is 466 g/mol. The fourth-order valence-corrected chi connectivity index (χ4v) is 9.90. The molecule has 0 aliphatic heterocycles. The lowest BCUT2D eigenvalue weighted by atomic mass is 10.1. The zero-order valence-electron chi connectivity index (χ0n) is 17.6. The summed E-state index contributed by atoms with van der Waals surface area (Å²) in [5.41, 5.74) is 0.528. The van der Waals surface area contributed by atoms with Crippen LogP contribution in [0.15, 0.2) is 24.4 Å². The Labute approximate surface area is 181 Å². The summed E-state index contributed by atoms with van der Waals surface area (Å²) in [6.07, 6.45) is 3.25. The predicted molar refractivity (Wildman–Crippen MR) is 116 cm³/mol. The fraction of sp³-hybridized carbons (Fsp3) is 0.444. The zero-order valence-corrected chi connectivity index (χ0v) is 20.0. The first-order chi connectivity index (χ1) is 14.0. The Kier molecular flexibility index (Phi) is 5.39. The number of fused-ring (bicyclic) bond motifs is 1. The van der Waals surface area contributed by atoms with Gasteiger partial charge in [0.15, 0.2) is 33.6 Å². The number of hydrogen-bond donors (Lipinski definition) is 1. The molecule has 0 bridgehead atoms. The predicted octanol–water partition coefficient (Wildman–Crippen LogP) is 0.712. The minimum atomic E-state index is -4.31. The van der Waals surface area contributed by atoms with E-state index in [2.05, 4.69) is 10.4 Å². The Hall–Kier alpha value is -2.25. The Morgan fingerprint density at radius 3 is 2.13 bits per heavy atom. The lowest BCUT2D eigenvalue weighted by molar-refractivity contribution is 0.102. The Morgan fingerprint density at radius 1 is 1.10 bits per heavy atom. The largest absolute Gasteiger partial charge is 0.322 e. The lowest BCUT2D eigenvalue weighted by Gasteiger charge is -2.26. The summed E-state index contributed by atoms with van der Waals surface area (Å²) in [7, 11) is -10.9. The summed E-state index contributed by atoms with van der Waals surface area (Å²) in [5.74, 6) is -0.581. The van der Waals surface area contributed by atoms with Gasteiger partial charge in [-0.3, -0.25) is 9.48 Å². The number of aromatic nitrogens is 2. The lowest BCUT2D eigenvalue weighted by Crippen LogP contribution is -2.41. The van der Waals surface area contributed by atoms with E-state index in [1.54, 1.807) is 14.0 Å². The second-order valence-electron chi connectivity index (χ2n) is 7.84. The van der Waals surface area contributed by atoms with Crippen molar-refractivity contribution in [3.63, 3.8) is 0 Å². The normalized spacial score (nSPS) is 18.5. The van der Waals surface area contributed by atoms with Crippen molar-refractivity contribution in [2.24, 2.45) is 7.05 Å². The van der Waals surface area contributed by atoms with Crippen molar-refractivity contribution in [3.05, 3.63) is 46.8 Å². The summed E-state index contributed by atoms with van der Waals surface area (Å²) in [6, 6.07) is 4.09. The summed E-state index contributed by atoms with van der Waals surface area (Å²) in [5, 5.41) is 5.27. The molecule has 1 amide bonds. The molecule has 0 spiro atoms. The average molecular weight is 490 g/mol. The number of aryl methyl sites for hydroxylation is 2. The van der Waals surface area contributed by atoms with Crippen LogP contribution in [0.1, 0.15) is 38.8 Å². The highest BCUT2D eigenvalue weighted by Crippen LogP contribution is 2.55. The van der Waals surface area contributed by atoms with Crippen molar-refractivity contribution in [1.82, 2.24) is 9.78 Å². The van der Waals surface area contributed by atoms with E-state index in [0.717, 1.165) is 18.8 Å². The Balaban J connectivity index is 2.30. The van der Waals surface area contributed by atoms with Crippen LogP contribution in [-0.2, 0) is 40.6 Å². The van der Waals surface area contributed by atoms with Gasteiger partial charge in [-0.05, 0) is 24.1 Å². The Bertz CT molecular complexity index is 1370. The van der Waals surface area contributed by atoms with Gasteiger partial charge in [-0.2, -0.15) is 5.10 Å². The number of carbonyl (C=O) groups excluding carboxylic acids is 1. The molecule has 1 aromatic carbocycles. The number of rotatable bonds is 5. The smallest absolute Gasteiger partial charge is 0.259 e. The van der Waals surface area contributed by atoms with Gasteiger partial charge in [-0.25, -0.2) is 25.3 Å². The Morgan fingerprint density at radius 2 is 1.68 bits per heavy atom. The molecule has 0 saturated heterocycles. The van der Waals surface area contributed by atoms with Crippen LogP contribution in [-0.4, -0.2) is 59.7 Å². The number of amides is 1. The number of nitrogens with one attached hydrogen (secondary N) is 1. The van der Waals surface area contributed by atoms with Gasteiger partial charge in [0.05, 0.1) is 16.5 Å². The standard InChI is InChI=1S/C18H23N3O7S3/c1-11-12(10-21(2)20-11)17(22)19-14-8-6-7-13-16(14)15(29(3,23)24)9-18(13,30(4,25)26)31(5,27)28/h6-8,10,15H,9H2,1-5H3,(H,19,22). The van der Waals surface area contributed by atoms with Crippen molar-refractivity contribution in [2.45, 2.75) is 22.7 Å². The van der Waals surface area contributed by atoms with Crippen LogP contribution in [0, 0.1) is 6.92 Å². The molecule has 1 aliphatic rings. The van der Waals surface area contributed by atoms with Crippen LogP contribution >= 0.6 is 0 Å². The maximum Gasteiger partial charge on any atom is 0.259 e.